The fourth-order valence-electron chi connectivity index (χ4n) is 2.85. The first-order valence-corrected chi connectivity index (χ1v) is 11.5. The van der Waals surface area contributed by atoms with E-state index in [9.17, 15) is 13.2 Å². The molecular formula is C20H20ClN3O3S2. The van der Waals surface area contributed by atoms with Gasteiger partial charge in [0.2, 0.25) is 10.0 Å². The van der Waals surface area contributed by atoms with Crippen LogP contribution in [0.5, 0.6) is 0 Å². The van der Waals surface area contributed by atoms with Crippen LogP contribution < -0.4 is 5.14 Å². The Labute approximate surface area is 179 Å². The van der Waals surface area contributed by atoms with Gasteiger partial charge >= 0.3 is 0 Å². The second-order valence-electron chi connectivity index (χ2n) is 6.65. The molecule has 1 aromatic heterocycles. The number of aromatic nitrogens is 1. The Hall–Kier alpha value is -2.26. The van der Waals surface area contributed by atoms with E-state index in [0.717, 1.165) is 5.56 Å². The van der Waals surface area contributed by atoms with Crippen molar-refractivity contribution in [2.45, 2.75) is 24.8 Å². The molecule has 152 valence electrons. The van der Waals surface area contributed by atoms with Crippen LogP contribution in [0.1, 0.15) is 33.9 Å². The van der Waals surface area contributed by atoms with Crippen molar-refractivity contribution in [1.82, 2.24) is 9.88 Å². The normalized spacial score (nSPS) is 12.6. The van der Waals surface area contributed by atoms with Crippen molar-refractivity contribution >= 4 is 38.9 Å². The van der Waals surface area contributed by atoms with Crippen molar-refractivity contribution < 1.29 is 13.2 Å². The minimum absolute atomic E-state index is 0.0138. The molecule has 0 saturated heterocycles. The Morgan fingerprint density at radius 1 is 1.21 bits per heavy atom. The molecule has 0 aliphatic rings. The number of carbonyl (C=O) groups excluding carboxylic acids is 1. The van der Waals surface area contributed by atoms with Crippen LogP contribution in [0.2, 0.25) is 5.02 Å². The molecule has 0 spiro atoms. The second-order valence-corrected chi connectivity index (χ2v) is 9.65. The molecule has 1 amide bonds. The maximum atomic E-state index is 13.1. The number of carbonyl (C=O) groups is 1. The highest BCUT2D eigenvalue weighted by Crippen LogP contribution is 2.31. The molecule has 0 aliphatic heterocycles. The van der Waals surface area contributed by atoms with Gasteiger partial charge in [-0.15, -0.1) is 11.3 Å². The van der Waals surface area contributed by atoms with Crippen LogP contribution in [-0.4, -0.2) is 31.3 Å². The van der Waals surface area contributed by atoms with E-state index in [2.05, 4.69) is 4.98 Å². The van der Waals surface area contributed by atoms with Crippen molar-refractivity contribution in [3.8, 4) is 10.6 Å². The summed E-state index contributed by atoms with van der Waals surface area (Å²) in [5.41, 5.74) is 2.15. The summed E-state index contributed by atoms with van der Waals surface area (Å²) in [6.07, 6.45) is 0. The van der Waals surface area contributed by atoms with Crippen molar-refractivity contribution in [2.24, 2.45) is 5.14 Å². The number of rotatable bonds is 5. The number of nitrogens with two attached hydrogens (primary N) is 1. The van der Waals surface area contributed by atoms with Gasteiger partial charge in [0, 0.05) is 17.6 Å². The molecule has 0 bridgehead atoms. The summed E-state index contributed by atoms with van der Waals surface area (Å²) < 4.78 is 23.2. The van der Waals surface area contributed by atoms with Crippen molar-refractivity contribution in [3.63, 3.8) is 0 Å². The largest absolute Gasteiger partial charge is 0.334 e. The molecule has 0 saturated carbocycles. The Bertz CT molecular complexity index is 1180. The smallest absolute Gasteiger partial charge is 0.266 e. The lowest BCUT2D eigenvalue weighted by molar-refractivity contribution is 0.0746. The van der Waals surface area contributed by atoms with Gasteiger partial charge in [0.25, 0.3) is 5.91 Å². The van der Waals surface area contributed by atoms with Gasteiger partial charge in [0.15, 0.2) is 0 Å². The lowest BCUT2D eigenvalue weighted by Crippen LogP contribution is -2.29. The number of primary sulfonamides is 1. The standard InChI is InChI=1S/C20H20ClN3O3S2/c1-12-18(28-19(23-12)15-7-4-8-16(21)10-15)20(25)24(3)13(2)14-6-5-9-17(11-14)29(22,26)27/h4-11,13H,1-3H3,(H2,22,26,27). The van der Waals surface area contributed by atoms with Gasteiger partial charge in [-0.1, -0.05) is 35.9 Å². The summed E-state index contributed by atoms with van der Waals surface area (Å²) >= 11 is 7.36. The number of halogens is 1. The SMILES string of the molecule is Cc1nc(-c2cccc(Cl)c2)sc1C(=O)N(C)C(C)c1cccc(S(N)(=O)=O)c1. The molecule has 1 atom stereocenters. The van der Waals surface area contributed by atoms with Crippen LogP contribution >= 0.6 is 22.9 Å². The third-order valence-electron chi connectivity index (χ3n) is 4.63. The first kappa shape index (κ1) is 21.4. The van der Waals surface area contributed by atoms with Gasteiger partial charge in [-0.2, -0.15) is 0 Å². The highest BCUT2D eigenvalue weighted by atomic mass is 35.5. The van der Waals surface area contributed by atoms with Crippen LogP contribution in [0.25, 0.3) is 10.6 Å². The van der Waals surface area contributed by atoms with E-state index < -0.39 is 10.0 Å². The van der Waals surface area contributed by atoms with E-state index in [1.165, 1.54) is 23.5 Å². The fraction of sp³-hybridized carbons (Fsp3) is 0.200. The van der Waals surface area contributed by atoms with Gasteiger partial charge in [0.1, 0.15) is 9.88 Å². The zero-order chi connectivity index (χ0) is 21.3. The van der Waals surface area contributed by atoms with Crippen LogP contribution in [0.3, 0.4) is 0 Å². The van der Waals surface area contributed by atoms with Gasteiger partial charge < -0.3 is 4.90 Å². The molecule has 1 unspecified atom stereocenters. The van der Waals surface area contributed by atoms with Crippen LogP contribution in [0, 0.1) is 6.92 Å². The Morgan fingerprint density at radius 3 is 2.55 bits per heavy atom. The second kappa shape index (κ2) is 8.23. The zero-order valence-electron chi connectivity index (χ0n) is 16.1. The van der Waals surface area contributed by atoms with Gasteiger partial charge in [-0.25, -0.2) is 18.5 Å². The third-order valence-corrected chi connectivity index (χ3v) is 6.97. The minimum Gasteiger partial charge on any atom is -0.334 e. The molecule has 3 aromatic rings. The number of amides is 1. The number of aryl methyl sites for hydroxylation is 1. The molecule has 0 aliphatic carbocycles. The lowest BCUT2D eigenvalue weighted by atomic mass is 10.1. The molecule has 2 N–H and O–H groups in total. The van der Waals surface area contributed by atoms with E-state index >= 15 is 0 Å². The van der Waals surface area contributed by atoms with E-state index in [1.54, 1.807) is 43.1 Å². The summed E-state index contributed by atoms with van der Waals surface area (Å²) in [5, 5.41) is 6.53. The topological polar surface area (TPSA) is 93.4 Å². The summed E-state index contributed by atoms with van der Waals surface area (Å²) in [6, 6.07) is 13.2. The molecule has 2 aromatic carbocycles. The lowest BCUT2D eigenvalue weighted by Gasteiger charge is -2.25. The van der Waals surface area contributed by atoms with Crippen molar-refractivity contribution in [2.75, 3.05) is 7.05 Å². The van der Waals surface area contributed by atoms with Gasteiger partial charge in [-0.05, 0) is 43.7 Å². The Kier molecular flexibility index (Phi) is 6.09. The number of nitrogens with zero attached hydrogens (tertiary/aromatic N) is 2. The summed E-state index contributed by atoms with van der Waals surface area (Å²) in [7, 11) is -2.14. The quantitative estimate of drug-likeness (QED) is 0.629. The zero-order valence-corrected chi connectivity index (χ0v) is 18.5. The molecular weight excluding hydrogens is 430 g/mol. The third kappa shape index (κ3) is 4.67. The number of thiazole rings is 1. The number of benzene rings is 2. The highest BCUT2D eigenvalue weighted by molar-refractivity contribution is 7.89. The maximum Gasteiger partial charge on any atom is 0.266 e. The molecule has 29 heavy (non-hydrogen) atoms. The molecule has 6 nitrogen and oxygen atoms in total. The number of sulfonamides is 1. The predicted octanol–water partition coefficient (Wildman–Crippen LogP) is 4.25. The van der Waals surface area contributed by atoms with Crippen LogP contribution in [-0.2, 0) is 10.0 Å². The molecule has 1 heterocycles. The number of hydrogen-bond acceptors (Lipinski definition) is 5. The Morgan fingerprint density at radius 2 is 1.90 bits per heavy atom. The average molecular weight is 450 g/mol. The summed E-state index contributed by atoms with van der Waals surface area (Å²) in [4.78, 5) is 19.7. The highest BCUT2D eigenvalue weighted by Gasteiger charge is 2.24. The minimum atomic E-state index is -3.82. The van der Waals surface area contributed by atoms with E-state index in [-0.39, 0.29) is 16.8 Å². The van der Waals surface area contributed by atoms with Crippen LogP contribution in [0.15, 0.2) is 53.4 Å². The van der Waals surface area contributed by atoms with Crippen molar-refractivity contribution in [3.05, 3.63) is 69.7 Å². The van der Waals surface area contributed by atoms with Crippen molar-refractivity contribution in [1.29, 1.82) is 0 Å². The fourth-order valence-corrected chi connectivity index (χ4v) is 4.66. The first-order valence-electron chi connectivity index (χ1n) is 8.71. The van der Waals surface area contributed by atoms with Gasteiger partial charge in [0.05, 0.1) is 16.6 Å². The van der Waals surface area contributed by atoms with E-state index in [4.69, 9.17) is 16.7 Å². The van der Waals surface area contributed by atoms with Gasteiger partial charge in [-0.3, -0.25) is 4.79 Å². The average Bonchev–Trinajstić information content (AvgIpc) is 3.07. The van der Waals surface area contributed by atoms with E-state index in [1.807, 2.05) is 19.1 Å². The first-order chi connectivity index (χ1) is 13.6. The van der Waals surface area contributed by atoms with Crippen LogP contribution in [0.4, 0.5) is 0 Å². The predicted molar refractivity (Wildman–Crippen MR) is 116 cm³/mol. The molecule has 9 heteroatoms. The molecule has 0 fully saturated rings. The maximum absolute atomic E-state index is 13.1. The molecule has 0 radical (unpaired) electrons. The number of hydrogen-bond donors (Lipinski definition) is 1. The molecule has 3 rings (SSSR count). The van der Waals surface area contributed by atoms with E-state index in [0.29, 0.717) is 26.2 Å². The summed E-state index contributed by atoms with van der Waals surface area (Å²) in [6.45, 7) is 3.62. The Balaban J connectivity index is 1.89. The monoisotopic (exact) mass is 449 g/mol. The summed E-state index contributed by atoms with van der Waals surface area (Å²) in [5.74, 6) is -0.193.